The molecule has 2 aromatic carbocycles. The summed E-state index contributed by atoms with van der Waals surface area (Å²) in [6.45, 7) is 1.04. The molecule has 31 heavy (non-hydrogen) atoms. The fraction of sp³-hybridized carbons (Fsp3) is 0.250. The molecule has 0 spiro atoms. The third-order valence-electron chi connectivity index (χ3n) is 5.76. The van der Waals surface area contributed by atoms with E-state index in [-0.39, 0.29) is 5.91 Å². The fourth-order valence-electron chi connectivity index (χ4n) is 3.97. The molecule has 0 radical (unpaired) electrons. The number of hydrogen-bond donors (Lipinski definition) is 1. The van der Waals surface area contributed by atoms with Crippen molar-refractivity contribution in [2.75, 3.05) is 13.1 Å². The van der Waals surface area contributed by atoms with Crippen molar-refractivity contribution in [3.63, 3.8) is 0 Å². The van der Waals surface area contributed by atoms with Gasteiger partial charge >= 0.3 is 0 Å². The molecule has 2 heterocycles. The van der Waals surface area contributed by atoms with Gasteiger partial charge in [0, 0.05) is 36.0 Å². The van der Waals surface area contributed by atoms with Gasteiger partial charge in [-0.15, -0.1) is 0 Å². The summed E-state index contributed by atoms with van der Waals surface area (Å²) < 4.78 is 13.9. The van der Waals surface area contributed by atoms with Gasteiger partial charge in [0.15, 0.2) is 0 Å². The van der Waals surface area contributed by atoms with E-state index in [0.717, 1.165) is 5.56 Å². The number of likely N-dealkylation sites (tertiary alicyclic amines) is 1. The lowest BCUT2D eigenvalue weighted by molar-refractivity contribution is 0.0672. The lowest BCUT2D eigenvalue weighted by atomic mass is 9.82. The standard InChI is InChI=1S/C24H22FN5O/c25-19-5-6-20(21(13-19)22-7-10-28-16-29-22)23(31)30-11-8-24(27,9-12-30)14-17-1-3-18(15-26)4-2-17/h1-7,10,13,16H,8-9,11-12,14,27H2. The van der Waals surface area contributed by atoms with Gasteiger partial charge in [-0.2, -0.15) is 5.26 Å². The van der Waals surface area contributed by atoms with Crippen LogP contribution in [0, 0.1) is 17.1 Å². The number of nitrogens with zero attached hydrogens (tertiary/aromatic N) is 4. The molecular formula is C24H22FN5O. The van der Waals surface area contributed by atoms with Gasteiger partial charge in [-0.05, 0) is 61.2 Å². The van der Waals surface area contributed by atoms with E-state index < -0.39 is 11.4 Å². The quantitative estimate of drug-likeness (QED) is 0.705. The maximum absolute atomic E-state index is 13.9. The lowest BCUT2D eigenvalue weighted by Crippen LogP contribution is -2.53. The monoisotopic (exact) mass is 415 g/mol. The van der Waals surface area contributed by atoms with E-state index in [2.05, 4.69) is 16.0 Å². The third kappa shape index (κ3) is 4.60. The first-order chi connectivity index (χ1) is 15.0. The van der Waals surface area contributed by atoms with E-state index >= 15 is 0 Å². The van der Waals surface area contributed by atoms with Crippen LogP contribution in [-0.4, -0.2) is 39.4 Å². The molecular weight excluding hydrogens is 393 g/mol. The van der Waals surface area contributed by atoms with Crippen LogP contribution < -0.4 is 5.73 Å². The maximum Gasteiger partial charge on any atom is 0.254 e. The highest BCUT2D eigenvalue weighted by Crippen LogP contribution is 2.28. The second-order valence-electron chi connectivity index (χ2n) is 7.92. The maximum atomic E-state index is 13.9. The van der Waals surface area contributed by atoms with Gasteiger partial charge < -0.3 is 10.6 Å². The number of nitrogens with two attached hydrogens (primary N) is 1. The van der Waals surface area contributed by atoms with Gasteiger partial charge in [0.2, 0.25) is 0 Å². The van der Waals surface area contributed by atoms with Crippen LogP contribution in [0.25, 0.3) is 11.3 Å². The number of amides is 1. The minimum atomic E-state index is -0.424. The van der Waals surface area contributed by atoms with Crippen LogP contribution in [0.2, 0.25) is 0 Å². The van der Waals surface area contributed by atoms with Gasteiger partial charge in [-0.25, -0.2) is 14.4 Å². The normalized spacial score (nSPS) is 15.3. The van der Waals surface area contributed by atoms with Crippen LogP contribution in [-0.2, 0) is 6.42 Å². The Morgan fingerprint density at radius 2 is 1.90 bits per heavy atom. The molecule has 1 aliphatic rings. The predicted octanol–water partition coefficient (Wildman–Crippen LogP) is 3.33. The molecule has 1 amide bonds. The largest absolute Gasteiger partial charge is 0.338 e. The molecule has 1 aromatic heterocycles. The van der Waals surface area contributed by atoms with Gasteiger partial charge in [0.05, 0.1) is 17.3 Å². The van der Waals surface area contributed by atoms with Crippen molar-refractivity contribution in [1.29, 1.82) is 5.26 Å². The number of carbonyl (C=O) groups excluding carboxylic acids is 1. The summed E-state index contributed by atoms with van der Waals surface area (Å²) in [4.78, 5) is 23.1. The summed E-state index contributed by atoms with van der Waals surface area (Å²) in [6, 6.07) is 15.3. The predicted molar refractivity (Wildman–Crippen MR) is 114 cm³/mol. The van der Waals surface area contributed by atoms with Crippen LogP contribution in [0.4, 0.5) is 4.39 Å². The molecule has 0 bridgehead atoms. The van der Waals surface area contributed by atoms with E-state index in [1.165, 1.54) is 24.5 Å². The minimum absolute atomic E-state index is 0.158. The Kier molecular flexibility index (Phi) is 5.74. The van der Waals surface area contributed by atoms with Crippen molar-refractivity contribution in [3.05, 3.63) is 83.6 Å². The SMILES string of the molecule is N#Cc1ccc(CC2(N)CCN(C(=O)c3ccc(F)cc3-c3ccncn3)CC2)cc1. The zero-order valence-corrected chi connectivity index (χ0v) is 17.0. The fourth-order valence-corrected chi connectivity index (χ4v) is 3.97. The zero-order chi connectivity index (χ0) is 21.8. The molecule has 1 fully saturated rings. The van der Waals surface area contributed by atoms with Crippen molar-refractivity contribution in [3.8, 4) is 17.3 Å². The van der Waals surface area contributed by atoms with Gasteiger partial charge in [-0.3, -0.25) is 4.79 Å². The molecule has 2 N–H and O–H groups in total. The van der Waals surface area contributed by atoms with Crippen molar-refractivity contribution < 1.29 is 9.18 Å². The van der Waals surface area contributed by atoms with Gasteiger partial charge in [0.25, 0.3) is 5.91 Å². The van der Waals surface area contributed by atoms with Crippen LogP contribution in [0.1, 0.15) is 34.3 Å². The molecule has 156 valence electrons. The highest BCUT2D eigenvalue weighted by molar-refractivity contribution is 6.00. The number of benzene rings is 2. The molecule has 1 aliphatic heterocycles. The van der Waals surface area contributed by atoms with Crippen molar-refractivity contribution in [2.45, 2.75) is 24.8 Å². The summed E-state index contributed by atoms with van der Waals surface area (Å²) in [6.07, 6.45) is 4.94. The average molecular weight is 415 g/mol. The molecule has 4 rings (SSSR count). The zero-order valence-electron chi connectivity index (χ0n) is 17.0. The highest BCUT2D eigenvalue weighted by atomic mass is 19.1. The van der Waals surface area contributed by atoms with Crippen LogP contribution in [0.3, 0.4) is 0 Å². The van der Waals surface area contributed by atoms with Crippen molar-refractivity contribution in [2.24, 2.45) is 5.73 Å². The highest BCUT2D eigenvalue weighted by Gasteiger charge is 2.33. The number of piperidine rings is 1. The Hall–Kier alpha value is -3.63. The molecule has 0 atom stereocenters. The average Bonchev–Trinajstić information content (AvgIpc) is 2.80. The van der Waals surface area contributed by atoms with E-state index in [1.807, 2.05) is 12.1 Å². The Labute approximate surface area is 180 Å². The molecule has 1 saturated heterocycles. The first kappa shape index (κ1) is 20.6. The van der Waals surface area contributed by atoms with Gasteiger partial charge in [-0.1, -0.05) is 12.1 Å². The number of halogens is 1. The summed E-state index contributed by atoms with van der Waals surface area (Å²) in [5, 5.41) is 8.94. The molecule has 0 saturated carbocycles. The molecule has 0 aliphatic carbocycles. The van der Waals surface area contributed by atoms with Crippen molar-refractivity contribution >= 4 is 5.91 Å². The number of rotatable bonds is 4. The number of hydrogen-bond acceptors (Lipinski definition) is 5. The third-order valence-corrected chi connectivity index (χ3v) is 5.76. The lowest BCUT2D eigenvalue weighted by Gasteiger charge is -2.39. The van der Waals surface area contributed by atoms with E-state index in [9.17, 15) is 9.18 Å². The number of aromatic nitrogens is 2. The van der Waals surface area contributed by atoms with E-state index in [1.54, 1.807) is 29.3 Å². The van der Waals surface area contributed by atoms with Crippen LogP contribution >= 0.6 is 0 Å². The molecule has 7 heteroatoms. The van der Waals surface area contributed by atoms with E-state index in [0.29, 0.717) is 54.7 Å². The Morgan fingerprint density at radius 3 is 2.55 bits per heavy atom. The van der Waals surface area contributed by atoms with E-state index in [4.69, 9.17) is 11.0 Å². The Bertz CT molecular complexity index is 1120. The second-order valence-corrected chi connectivity index (χ2v) is 7.92. The summed E-state index contributed by atoms with van der Waals surface area (Å²) in [7, 11) is 0. The molecule has 6 nitrogen and oxygen atoms in total. The smallest absolute Gasteiger partial charge is 0.254 e. The summed E-state index contributed by atoms with van der Waals surface area (Å²) in [5.41, 5.74) is 9.29. The van der Waals surface area contributed by atoms with Crippen molar-refractivity contribution in [1.82, 2.24) is 14.9 Å². The first-order valence-corrected chi connectivity index (χ1v) is 10.1. The van der Waals surface area contributed by atoms with Gasteiger partial charge in [0.1, 0.15) is 12.1 Å². The Balaban J connectivity index is 1.48. The number of nitriles is 1. The topological polar surface area (TPSA) is 95.9 Å². The summed E-state index contributed by atoms with van der Waals surface area (Å²) >= 11 is 0. The van der Waals surface area contributed by atoms with Crippen LogP contribution in [0.15, 0.2) is 61.1 Å². The minimum Gasteiger partial charge on any atom is -0.338 e. The molecule has 0 unspecified atom stereocenters. The summed E-state index contributed by atoms with van der Waals surface area (Å²) in [5.74, 6) is -0.582. The first-order valence-electron chi connectivity index (χ1n) is 10.1. The Morgan fingerprint density at radius 1 is 1.16 bits per heavy atom. The second kappa shape index (κ2) is 8.62. The molecule has 3 aromatic rings. The number of carbonyl (C=O) groups is 1. The van der Waals surface area contributed by atoms with Crippen LogP contribution in [0.5, 0.6) is 0 Å².